The van der Waals surface area contributed by atoms with Crippen molar-refractivity contribution in [1.82, 2.24) is 0 Å². The van der Waals surface area contributed by atoms with Crippen molar-refractivity contribution >= 4 is 17.4 Å². The summed E-state index contributed by atoms with van der Waals surface area (Å²) in [6, 6.07) is 6.79. The molecule has 0 amide bonds. The molecule has 0 bridgehead atoms. The molecule has 0 heterocycles. The number of halogens is 1. The Labute approximate surface area is 94.7 Å². The molecule has 0 aliphatic carbocycles. The maximum Gasteiger partial charge on any atom is 0.154 e. The van der Waals surface area contributed by atoms with Crippen LogP contribution < -0.4 is 5.73 Å². The third-order valence-corrected chi connectivity index (χ3v) is 2.34. The van der Waals surface area contributed by atoms with E-state index in [0.717, 1.165) is 5.56 Å². The van der Waals surface area contributed by atoms with Crippen molar-refractivity contribution in [1.29, 1.82) is 0 Å². The van der Waals surface area contributed by atoms with E-state index < -0.39 is 6.04 Å². The molecule has 0 aromatic heterocycles. The highest BCUT2D eigenvalue weighted by Crippen LogP contribution is 2.12. The van der Waals surface area contributed by atoms with Crippen LogP contribution in [0.3, 0.4) is 0 Å². The zero-order valence-electron chi connectivity index (χ0n) is 8.45. The van der Waals surface area contributed by atoms with Gasteiger partial charge in [0.1, 0.15) is 0 Å². The molecule has 3 heteroatoms. The predicted octanol–water partition coefficient (Wildman–Crippen LogP) is 2.36. The summed E-state index contributed by atoms with van der Waals surface area (Å²) in [6.07, 6.45) is 2.50. The van der Waals surface area contributed by atoms with E-state index in [9.17, 15) is 4.79 Å². The van der Waals surface area contributed by atoms with Crippen molar-refractivity contribution in [2.45, 2.75) is 18.9 Å². The zero-order chi connectivity index (χ0) is 11.3. The topological polar surface area (TPSA) is 43.1 Å². The SMILES string of the molecule is C=CCC(N)C(=O)Cc1cccc(Cl)c1. The lowest BCUT2D eigenvalue weighted by Gasteiger charge is -2.07. The van der Waals surface area contributed by atoms with Gasteiger partial charge < -0.3 is 5.73 Å². The Morgan fingerprint density at radius 2 is 2.33 bits per heavy atom. The quantitative estimate of drug-likeness (QED) is 0.779. The van der Waals surface area contributed by atoms with E-state index in [1.54, 1.807) is 18.2 Å². The Kier molecular flexibility index (Phi) is 4.53. The van der Waals surface area contributed by atoms with Gasteiger partial charge in [-0.05, 0) is 24.1 Å². The van der Waals surface area contributed by atoms with Crippen LogP contribution in [0.2, 0.25) is 5.02 Å². The van der Waals surface area contributed by atoms with Gasteiger partial charge in [0, 0.05) is 11.4 Å². The van der Waals surface area contributed by atoms with E-state index in [4.69, 9.17) is 17.3 Å². The number of hydrogen-bond acceptors (Lipinski definition) is 2. The highest BCUT2D eigenvalue weighted by atomic mass is 35.5. The van der Waals surface area contributed by atoms with E-state index in [1.807, 2.05) is 12.1 Å². The first-order valence-corrected chi connectivity index (χ1v) is 5.15. The van der Waals surface area contributed by atoms with Crippen LogP contribution in [0, 0.1) is 0 Å². The summed E-state index contributed by atoms with van der Waals surface area (Å²) >= 11 is 5.81. The molecular weight excluding hydrogens is 210 g/mol. The van der Waals surface area contributed by atoms with Crippen molar-refractivity contribution in [3.05, 3.63) is 47.5 Å². The normalized spacial score (nSPS) is 12.1. The van der Waals surface area contributed by atoms with E-state index in [0.29, 0.717) is 17.9 Å². The predicted molar refractivity (Wildman–Crippen MR) is 63.0 cm³/mol. The second-order valence-electron chi connectivity index (χ2n) is 3.40. The molecular formula is C12H14ClNO. The van der Waals surface area contributed by atoms with Crippen molar-refractivity contribution in [3.63, 3.8) is 0 Å². The maximum absolute atomic E-state index is 11.6. The van der Waals surface area contributed by atoms with Gasteiger partial charge >= 0.3 is 0 Å². The first kappa shape index (κ1) is 12.0. The first-order valence-electron chi connectivity index (χ1n) is 4.77. The van der Waals surface area contributed by atoms with Crippen LogP contribution in [-0.2, 0) is 11.2 Å². The summed E-state index contributed by atoms with van der Waals surface area (Å²) in [5.74, 6) is 0.0113. The number of Topliss-reactive ketones (excluding diaryl/α,β-unsaturated/α-hetero) is 1. The van der Waals surface area contributed by atoms with E-state index in [-0.39, 0.29) is 5.78 Å². The number of carbonyl (C=O) groups excluding carboxylic acids is 1. The molecule has 1 rings (SSSR count). The summed E-state index contributed by atoms with van der Waals surface area (Å²) in [7, 11) is 0. The number of carbonyl (C=O) groups is 1. The smallest absolute Gasteiger partial charge is 0.154 e. The fourth-order valence-electron chi connectivity index (χ4n) is 1.29. The molecule has 0 radical (unpaired) electrons. The number of ketones is 1. The molecule has 0 spiro atoms. The average Bonchev–Trinajstić information content (AvgIpc) is 2.18. The van der Waals surface area contributed by atoms with E-state index in [1.165, 1.54) is 0 Å². The van der Waals surface area contributed by atoms with Gasteiger partial charge in [-0.15, -0.1) is 6.58 Å². The molecule has 15 heavy (non-hydrogen) atoms. The number of benzene rings is 1. The summed E-state index contributed by atoms with van der Waals surface area (Å²) in [5.41, 5.74) is 6.56. The highest BCUT2D eigenvalue weighted by molar-refractivity contribution is 6.30. The molecule has 0 fully saturated rings. The van der Waals surface area contributed by atoms with Crippen LogP contribution in [0.4, 0.5) is 0 Å². The Morgan fingerprint density at radius 1 is 1.60 bits per heavy atom. The van der Waals surface area contributed by atoms with Crippen LogP contribution in [0.1, 0.15) is 12.0 Å². The fourth-order valence-corrected chi connectivity index (χ4v) is 1.50. The minimum atomic E-state index is -0.457. The lowest BCUT2D eigenvalue weighted by Crippen LogP contribution is -2.31. The van der Waals surface area contributed by atoms with Gasteiger partial charge in [0.25, 0.3) is 0 Å². The van der Waals surface area contributed by atoms with Gasteiger partial charge in [0.2, 0.25) is 0 Å². The highest BCUT2D eigenvalue weighted by Gasteiger charge is 2.12. The third kappa shape index (κ3) is 3.86. The van der Waals surface area contributed by atoms with Crippen molar-refractivity contribution in [3.8, 4) is 0 Å². The second kappa shape index (κ2) is 5.69. The van der Waals surface area contributed by atoms with Crippen LogP contribution in [0.25, 0.3) is 0 Å². The van der Waals surface area contributed by atoms with Crippen LogP contribution >= 0.6 is 11.6 Å². The van der Waals surface area contributed by atoms with Crippen LogP contribution in [-0.4, -0.2) is 11.8 Å². The Hall–Kier alpha value is -1.12. The molecule has 0 saturated heterocycles. The van der Waals surface area contributed by atoms with Crippen LogP contribution in [0.15, 0.2) is 36.9 Å². The molecule has 0 aliphatic heterocycles. The first-order chi connectivity index (χ1) is 7.13. The molecule has 0 aliphatic rings. The van der Waals surface area contributed by atoms with Gasteiger partial charge in [-0.2, -0.15) is 0 Å². The molecule has 1 aromatic carbocycles. The number of nitrogens with two attached hydrogens (primary N) is 1. The minimum absolute atomic E-state index is 0.0113. The lowest BCUT2D eigenvalue weighted by molar-refractivity contribution is -0.119. The summed E-state index contributed by atoms with van der Waals surface area (Å²) in [5, 5.41) is 0.637. The monoisotopic (exact) mass is 223 g/mol. The molecule has 2 nitrogen and oxygen atoms in total. The molecule has 1 aromatic rings. The maximum atomic E-state index is 11.6. The summed E-state index contributed by atoms with van der Waals surface area (Å²) in [6.45, 7) is 3.55. The fraction of sp³-hybridized carbons (Fsp3) is 0.250. The molecule has 1 unspecified atom stereocenters. The van der Waals surface area contributed by atoms with Gasteiger partial charge in [0.15, 0.2) is 5.78 Å². The van der Waals surface area contributed by atoms with Gasteiger partial charge in [0.05, 0.1) is 6.04 Å². The third-order valence-electron chi connectivity index (χ3n) is 2.10. The van der Waals surface area contributed by atoms with Gasteiger partial charge in [-0.1, -0.05) is 29.8 Å². The van der Waals surface area contributed by atoms with Crippen molar-refractivity contribution in [2.24, 2.45) is 5.73 Å². The summed E-state index contributed by atoms with van der Waals surface area (Å²) < 4.78 is 0. The van der Waals surface area contributed by atoms with E-state index in [2.05, 4.69) is 6.58 Å². The zero-order valence-corrected chi connectivity index (χ0v) is 9.20. The Balaban J connectivity index is 2.62. The standard InChI is InChI=1S/C12H14ClNO/c1-2-4-11(14)12(15)8-9-5-3-6-10(13)7-9/h2-3,5-7,11H,1,4,8,14H2. The number of rotatable bonds is 5. The Bertz CT molecular complexity index is 362. The molecule has 80 valence electrons. The summed E-state index contributed by atoms with van der Waals surface area (Å²) in [4.78, 5) is 11.6. The van der Waals surface area contributed by atoms with Gasteiger partial charge in [-0.3, -0.25) is 4.79 Å². The largest absolute Gasteiger partial charge is 0.321 e. The second-order valence-corrected chi connectivity index (χ2v) is 3.84. The van der Waals surface area contributed by atoms with Crippen LogP contribution in [0.5, 0.6) is 0 Å². The Morgan fingerprint density at radius 3 is 2.93 bits per heavy atom. The average molecular weight is 224 g/mol. The molecule has 0 saturated carbocycles. The van der Waals surface area contributed by atoms with Gasteiger partial charge in [-0.25, -0.2) is 0 Å². The number of hydrogen-bond donors (Lipinski definition) is 1. The lowest BCUT2D eigenvalue weighted by atomic mass is 10.0. The molecule has 2 N–H and O–H groups in total. The van der Waals surface area contributed by atoms with Crippen molar-refractivity contribution in [2.75, 3.05) is 0 Å². The molecule has 1 atom stereocenters. The van der Waals surface area contributed by atoms with E-state index >= 15 is 0 Å². The minimum Gasteiger partial charge on any atom is -0.321 e. The van der Waals surface area contributed by atoms with Crippen molar-refractivity contribution < 1.29 is 4.79 Å².